The lowest BCUT2D eigenvalue weighted by atomic mass is 10.2. The Morgan fingerprint density at radius 2 is 2.00 bits per heavy atom. The first-order valence-electron chi connectivity index (χ1n) is 8.80. The van der Waals surface area contributed by atoms with Crippen molar-refractivity contribution >= 4 is 22.1 Å². The van der Waals surface area contributed by atoms with Gasteiger partial charge in [0.1, 0.15) is 0 Å². The smallest absolute Gasteiger partial charge is 0.271 e. The molecule has 0 unspecified atom stereocenters. The van der Waals surface area contributed by atoms with E-state index in [1.807, 2.05) is 0 Å². The molecule has 1 fully saturated rings. The number of morpholine rings is 1. The van der Waals surface area contributed by atoms with Crippen molar-refractivity contribution in [2.24, 2.45) is 5.10 Å². The van der Waals surface area contributed by atoms with Gasteiger partial charge < -0.3 is 14.6 Å². The molecule has 1 amide bonds. The molecule has 1 aliphatic heterocycles. The van der Waals surface area contributed by atoms with Gasteiger partial charge in [-0.2, -0.15) is 9.41 Å². The van der Waals surface area contributed by atoms with Crippen LogP contribution in [0.4, 0.5) is 0 Å². The van der Waals surface area contributed by atoms with E-state index in [4.69, 9.17) is 9.47 Å². The molecule has 2 aromatic rings. The number of carbonyl (C=O) groups is 1. The Kier molecular flexibility index (Phi) is 6.47. The lowest BCUT2D eigenvalue weighted by Gasteiger charge is -2.26. The lowest BCUT2D eigenvalue weighted by molar-refractivity contribution is 0.0730. The molecule has 2 aromatic carbocycles. The van der Waals surface area contributed by atoms with Gasteiger partial charge in [0, 0.05) is 18.7 Å². The van der Waals surface area contributed by atoms with E-state index in [0.29, 0.717) is 24.5 Å². The Bertz CT molecular complexity index is 1020. The van der Waals surface area contributed by atoms with Crippen molar-refractivity contribution in [2.75, 3.05) is 33.4 Å². The summed E-state index contributed by atoms with van der Waals surface area (Å²) in [7, 11) is -2.26. The maximum atomic E-state index is 12.7. The molecule has 1 heterocycles. The number of hydrogen-bond donors (Lipinski definition) is 2. The number of rotatable bonds is 6. The number of phenols is 1. The zero-order valence-corrected chi connectivity index (χ0v) is 16.6. The maximum Gasteiger partial charge on any atom is 0.271 e. The van der Waals surface area contributed by atoms with Gasteiger partial charge in [0.05, 0.1) is 31.4 Å². The fourth-order valence-electron chi connectivity index (χ4n) is 2.75. The molecule has 2 N–H and O–H groups in total. The number of sulfonamides is 1. The van der Waals surface area contributed by atoms with Crippen LogP contribution >= 0.6 is 0 Å². The van der Waals surface area contributed by atoms with Crippen LogP contribution in [0, 0.1) is 0 Å². The Labute approximate surface area is 168 Å². The maximum absolute atomic E-state index is 12.7. The number of ether oxygens (including phenoxy) is 2. The summed E-state index contributed by atoms with van der Waals surface area (Å²) in [5.74, 6) is -0.286. The molecule has 1 aliphatic rings. The van der Waals surface area contributed by atoms with Crippen molar-refractivity contribution in [2.45, 2.75) is 4.90 Å². The predicted octanol–water partition coefficient (Wildman–Crippen LogP) is 1.19. The number of nitrogens with zero attached hydrogens (tertiary/aromatic N) is 2. The van der Waals surface area contributed by atoms with Crippen LogP contribution in [-0.2, 0) is 14.8 Å². The molecule has 0 spiro atoms. The van der Waals surface area contributed by atoms with Crippen LogP contribution in [0.5, 0.6) is 11.5 Å². The van der Waals surface area contributed by atoms with Crippen LogP contribution < -0.4 is 10.2 Å². The first kappa shape index (κ1) is 20.8. The zero-order valence-electron chi connectivity index (χ0n) is 15.7. The number of phenolic OH excluding ortho intramolecular Hbond substituents is 1. The van der Waals surface area contributed by atoms with Crippen molar-refractivity contribution in [1.82, 2.24) is 9.73 Å². The molecule has 10 heteroatoms. The molecular weight excluding hydrogens is 398 g/mol. The van der Waals surface area contributed by atoms with Crippen LogP contribution in [0.1, 0.15) is 15.9 Å². The molecule has 0 radical (unpaired) electrons. The molecule has 154 valence electrons. The highest BCUT2D eigenvalue weighted by Gasteiger charge is 2.26. The van der Waals surface area contributed by atoms with Crippen molar-refractivity contribution in [1.29, 1.82) is 0 Å². The minimum Gasteiger partial charge on any atom is -0.504 e. The molecule has 0 atom stereocenters. The monoisotopic (exact) mass is 419 g/mol. The van der Waals surface area contributed by atoms with E-state index in [1.54, 1.807) is 12.1 Å². The van der Waals surface area contributed by atoms with Crippen LogP contribution in [0.3, 0.4) is 0 Å². The van der Waals surface area contributed by atoms with Crippen molar-refractivity contribution < 1.29 is 27.8 Å². The Morgan fingerprint density at radius 1 is 1.24 bits per heavy atom. The molecule has 0 saturated carbocycles. The average Bonchev–Trinajstić information content (AvgIpc) is 2.74. The molecule has 1 saturated heterocycles. The van der Waals surface area contributed by atoms with E-state index in [2.05, 4.69) is 10.5 Å². The Morgan fingerprint density at radius 3 is 2.69 bits per heavy atom. The molecule has 3 rings (SSSR count). The summed E-state index contributed by atoms with van der Waals surface area (Å²) >= 11 is 0. The van der Waals surface area contributed by atoms with E-state index < -0.39 is 15.9 Å². The number of aromatic hydroxyl groups is 1. The SMILES string of the molecule is COc1ccc(C=NNC(=O)c2cccc(S(=O)(=O)N3CCOCC3)c2)cc1O. The van der Waals surface area contributed by atoms with Gasteiger partial charge in [-0.3, -0.25) is 4.79 Å². The number of methoxy groups -OCH3 is 1. The fraction of sp³-hybridized carbons (Fsp3) is 0.263. The van der Waals surface area contributed by atoms with Crippen LogP contribution in [0.15, 0.2) is 52.5 Å². The standard InChI is InChI=1S/C19H21N3O6S/c1-27-18-6-5-14(11-17(18)23)13-20-21-19(24)15-3-2-4-16(12-15)29(25,26)22-7-9-28-10-8-22/h2-6,11-13,23H,7-10H2,1H3,(H,21,24). The van der Waals surface area contributed by atoms with Crippen LogP contribution in [-0.4, -0.2) is 63.4 Å². The quantitative estimate of drug-likeness (QED) is 0.536. The summed E-state index contributed by atoms with van der Waals surface area (Å²) < 4.78 is 36.9. The first-order valence-corrected chi connectivity index (χ1v) is 10.2. The van der Waals surface area contributed by atoms with E-state index in [9.17, 15) is 18.3 Å². The van der Waals surface area contributed by atoms with E-state index in [-0.39, 0.29) is 29.3 Å². The average molecular weight is 419 g/mol. The molecule has 29 heavy (non-hydrogen) atoms. The highest BCUT2D eigenvalue weighted by Crippen LogP contribution is 2.25. The number of hydrogen-bond acceptors (Lipinski definition) is 7. The number of carbonyl (C=O) groups excluding carboxylic acids is 1. The summed E-state index contributed by atoms with van der Waals surface area (Å²) in [6, 6.07) is 10.4. The number of nitrogens with one attached hydrogen (secondary N) is 1. The number of amides is 1. The molecule has 0 aliphatic carbocycles. The van der Waals surface area contributed by atoms with Crippen LogP contribution in [0.2, 0.25) is 0 Å². The zero-order chi connectivity index (χ0) is 20.9. The van der Waals surface area contributed by atoms with Gasteiger partial charge in [0.25, 0.3) is 5.91 Å². The van der Waals surface area contributed by atoms with Gasteiger partial charge in [0.2, 0.25) is 10.0 Å². The van der Waals surface area contributed by atoms with Gasteiger partial charge in [-0.25, -0.2) is 13.8 Å². The van der Waals surface area contributed by atoms with Gasteiger partial charge >= 0.3 is 0 Å². The van der Waals surface area contributed by atoms with Gasteiger partial charge in [-0.15, -0.1) is 0 Å². The predicted molar refractivity (Wildman–Crippen MR) is 106 cm³/mol. The Balaban J connectivity index is 1.70. The van der Waals surface area contributed by atoms with Gasteiger partial charge in [0.15, 0.2) is 11.5 Å². The van der Waals surface area contributed by atoms with Gasteiger partial charge in [-0.05, 0) is 42.0 Å². The normalized spacial score (nSPS) is 15.3. The molecular formula is C19H21N3O6S. The lowest BCUT2D eigenvalue weighted by Crippen LogP contribution is -2.40. The summed E-state index contributed by atoms with van der Waals surface area (Å²) in [6.07, 6.45) is 1.35. The van der Waals surface area contributed by atoms with Crippen molar-refractivity contribution in [3.63, 3.8) is 0 Å². The minimum atomic E-state index is -3.70. The summed E-state index contributed by atoms with van der Waals surface area (Å²) in [4.78, 5) is 12.4. The topological polar surface area (TPSA) is 118 Å². The van der Waals surface area contributed by atoms with Gasteiger partial charge in [-0.1, -0.05) is 6.07 Å². The van der Waals surface area contributed by atoms with Crippen molar-refractivity contribution in [3.8, 4) is 11.5 Å². The fourth-order valence-corrected chi connectivity index (χ4v) is 4.21. The van der Waals surface area contributed by atoms with E-state index in [0.717, 1.165) is 0 Å². The van der Waals surface area contributed by atoms with E-state index in [1.165, 1.54) is 48.0 Å². The largest absolute Gasteiger partial charge is 0.504 e. The summed E-state index contributed by atoms with van der Waals surface area (Å²) in [6.45, 7) is 1.24. The van der Waals surface area contributed by atoms with Crippen LogP contribution in [0.25, 0.3) is 0 Å². The molecule has 0 aromatic heterocycles. The second-order valence-corrected chi connectivity index (χ2v) is 8.11. The number of hydrazone groups is 1. The van der Waals surface area contributed by atoms with E-state index >= 15 is 0 Å². The highest BCUT2D eigenvalue weighted by molar-refractivity contribution is 7.89. The first-order chi connectivity index (χ1) is 13.9. The number of benzene rings is 2. The third-order valence-electron chi connectivity index (χ3n) is 4.29. The Hall–Kier alpha value is -2.95. The molecule has 0 bridgehead atoms. The summed E-state index contributed by atoms with van der Waals surface area (Å²) in [5, 5.41) is 13.6. The highest BCUT2D eigenvalue weighted by atomic mass is 32.2. The summed E-state index contributed by atoms with van der Waals surface area (Å²) in [5.41, 5.74) is 3.05. The van der Waals surface area contributed by atoms with Crippen molar-refractivity contribution in [3.05, 3.63) is 53.6 Å². The minimum absolute atomic E-state index is 0.0381. The molecule has 9 nitrogen and oxygen atoms in total. The third-order valence-corrected chi connectivity index (χ3v) is 6.18. The third kappa shape index (κ3) is 4.91. The second kappa shape index (κ2) is 9.03. The second-order valence-electron chi connectivity index (χ2n) is 6.17.